The first kappa shape index (κ1) is 10.4. The first-order chi connectivity index (χ1) is 6.77. The van der Waals surface area contributed by atoms with Crippen molar-refractivity contribution in [2.45, 2.75) is 6.04 Å². The second kappa shape index (κ2) is 4.62. The Bertz CT molecular complexity index is 326. The number of hydrogen-bond donors (Lipinski definition) is 1. The average Bonchev–Trinajstić information content (AvgIpc) is 2.23. The SMILES string of the molecule is Clc1ccc(Br)c(C2COCCN2)c1. The Morgan fingerprint density at radius 1 is 1.50 bits per heavy atom. The fraction of sp³-hybridized carbons (Fsp3) is 0.400. The number of hydrogen-bond acceptors (Lipinski definition) is 2. The number of ether oxygens (including phenoxy) is 1. The lowest BCUT2D eigenvalue weighted by Gasteiger charge is -2.25. The minimum atomic E-state index is 0.247. The summed E-state index contributed by atoms with van der Waals surface area (Å²) in [6, 6.07) is 6.06. The summed E-state index contributed by atoms with van der Waals surface area (Å²) in [5.41, 5.74) is 1.16. The number of halogens is 2. The van der Waals surface area contributed by atoms with E-state index in [1.54, 1.807) is 0 Å². The lowest BCUT2D eigenvalue weighted by molar-refractivity contribution is 0.0767. The van der Waals surface area contributed by atoms with E-state index in [4.69, 9.17) is 16.3 Å². The summed E-state index contributed by atoms with van der Waals surface area (Å²) in [4.78, 5) is 0. The Morgan fingerprint density at radius 3 is 3.07 bits per heavy atom. The summed E-state index contributed by atoms with van der Waals surface area (Å²) < 4.78 is 6.48. The molecule has 0 amide bonds. The fourth-order valence-electron chi connectivity index (χ4n) is 1.55. The summed E-state index contributed by atoms with van der Waals surface area (Å²) in [6.45, 7) is 2.39. The molecule has 0 aromatic heterocycles. The van der Waals surface area contributed by atoms with Crippen LogP contribution in [0.1, 0.15) is 11.6 Å². The van der Waals surface area contributed by atoms with Gasteiger partial charge in [-0.1, -0.05) is 27.5 Å². The number of benzene rings is 1. The fourth-order valence-corrected chi connectivity index (χ4v) is 2.25. The topological polar surface area (TPSA) is 21.3 Å². The molecule has 1 aromatic carbocycles. The van der Waals surface area contributed by atoms with E-state index in [1.807, 2.05) is 18.2 Å². The molecule has 14 heavy (non-hydrogen) atoms. The quantitative estimate of drug-likeness (QED) is 0.852. The van der Waals surface area contributed by atoms with E-state index in [0.717, 1.165) is 28.2 Å². The first-order valence-electron chi connectivity index (χ1n) is 4.53. The molecule has 1 aromatic rings. The molecule has 2 rings (SSSR count). The van der Waals surface area contributed by atoms with Crippen LogP contribution in [-0.2, 0) is 4.74 Å². The van der Waals surface area contributed by atoms with Gasteiger partial charge >= 0.3 is 0 Å². The molecule has 0 aliphatic carbocycles. The number of morpholine rings is 1. The van der Waals surface area contributed by atoms with E-state index in [9.17, 15) is 0 Å². The normalized spacial score (nSPS) is 22.3. The molecule has 1 unspecified atom stereocenters. The van der Waals surface area contributed by atoms with Crippen LogP contribution in [0.5, 0.6) is 0 Å². The van der Waals surface area contributed by atoms with E-state index < -0.39 is 0 Å². The smallest absolute Gasteiger partial charge is 0.0662 e. The predicted octanol–water partition coefficient (Wildman–Crippen LogP) is 2.76. The van der Waals surface area contributed by atoms with Crippen molar-refractivity contribution in [1.82, 2.24) is 5.32 Å². The Labute approximate surface area is 96.7 Å². The highest BCUT2D eigenvalue weighted by atomic mass is 79.9. The minimum Gasteiger partial charge on any atom is -0.378 e. The molecule has 1 aliphatic rings. The second-order valence-electron chi connectivity index (χ2n) is 3.25. The third kappa shape index (κ3) is 2.28. The van der Waals surface area contributed by atoms with Crippen molar-refractivity contribution in [2.24, 2.45) is 0 Å². The Balaban J connectivity index is 2.24. The number of rotatable bonds is 1. The van der Waals surface area contributed by atoms with E-state index >= 15 is 0 Å². The average molecular weight is 277 g/mol. The first-order valence-corrected chi connectivity index (χ1v) is 5.70. The largest absolute Gasteiger partial charge is 0.378 e. The van der Waals surface area contributed by atoms with Crippen molar-refractivity contribution >= 4 is 27.5 Å². The molecule has 0 spiro atoms. The molecule has 76 valence electrons. The third-order valence-corrected chi connectivity index (χ3v) is 3.21. The van der Waals surface area contributed by atoms with Crippen LogP contribution in [0.15, 0.2) is 22.7 Å². The van der Waals surface area contributed by atoms with Gasteiger partial charge in [-0.3, -0.25) is 0 Å². The summed E-state index contributed by atoms with van der Waals surface area (Å²) in [5.74, 6) is 0. The van der Waals surface area contributed by atoms with Crippen LogP contribution in [0, 0.1) is 0 Å². The molecular weight excluding hydrogens is 265 g/mol. The van der Waals surface area contributed by atoms with Crippen LogP contribution in [-0.4, -0.2) is 19.8 Å². The predicted molar refractivity (Wildman–Crippen MR) is 60.7 cm³/mol. The van der Waals surface area contributed by atoms with Crippen LogP contribution >= 0.6 is 27.5 Å². The van der Waals surface area contributed by atoms with Crippen molar-refractivity contribution in [1.29, 1.82) is 0 Å². The molecule has 0 bridgehead atoms. The highest BCUT2D eigenvalue weighted by Gasteiger charge is 2.17. The van der Waals surface area contributed by atoms with Crippen LogP contribution in [0.4, 0.5) is 0 Å². The molecule has 1 N–H and O–H groups in total. The monoisotopic (exact) mass is 275 g/mol. The van der Waals surface area contributed by atoms with Gasteiger partial charge < -0.3 is 10.1 Å². The van der Waals surface area contributed by atoms with E-state index in [2.05, 4.69) is 21.2 Å². The Morgan fingerprint density at radius 2 is 2.36 bits per heavy atom. The molecule has 1 heterocycles. The van der Waals surface area contributed by atoms with Crippen LogP contribution in [0.3, 0.4) is 0 Å². The summed E-state index contributed by atoms with van der Waals surface area (Å²) in [6.07, 6.45) is 0. The maximum absolute atomic E-state index is 5.95. The Kier molecular flexibility index (Phi) is 3.44. The highest BCUT2D eigenvalue weighted by molar-refractivity contribution is 9.10. The van der Waals surface area contributed by atoms with Gasteiger partial charge in [0.15, 0.2) is 0 Å². The van der Waals surface area contributed by atoms with Gasteiger partial charge in [-0.25, -0.2) is 0 Å². The van der Waals surface area contributed by atoms with Crippen LogP contribution in [0.2, 0.25) is 5.02 Å². The maximum atomic E-state index is 5.95. The van der Waals surface area contributed by atoms with E-state index in [0.29, 0.717) is 6.61 Å². The molecular formula is C10H11BrClNO. The molecule has 2 nitrogen and oxygen atoms in total. The maximum Gasteiger partial charge on any atom is 0.0662 e. The standard InChI is InChI=1S/C10H11BrClNO/c11-9-2-1-7(12)5-8(9)10-6-14-4-3-13-10/h1-2,5,10,13H,3-4,6H2. The van der Waals surface area contributed by atoms with Crippen molar-refractivity contribution < 1.29 is 4.74 Å². The van der Waals surface area contributed by atoms with Gasteiger partial charge in [-0.15, -0.1) is 0 Å². The van der Waals surface area contributed by atoms with Gasteiger partial charge in [0, 0.05) is 16.0 Å². The second-order valence-corrected chi connectivity index (χ2v) is 4.54. The zero-order valence-corrected chi connectivity index (χ0v) is 9.94. The van der Waals surface area contributed by atoms with Crippen molar-refractivity contribution in [2.75, 3.05) is 19.8 Å². The highest BCUT2D eigenvalue weighted by Crippen LogP contribution is 2.27. The van der Waals surface area contributed by atoms with Crippen LogP contribution < -0.4 is 5.32 Å². The zero-order valence-electron chi connectivity index (χ0n) is 7.59. The molecule has 0 saturated carbocycles. The molecule has 4 heteroatoms. The summed E-state index contributed by atoms with van der Waals surface area (Å²) >= 11 is 9.46. The van der Waals surface area contributed by atoms with Crippen molar-refractivity contribution in [3.63, 3.8) is 0 Å². The van der Waals surface area contributed by atoms with E-state index in [1.165, 1.54) is 0 Å². The zero-order chi connectivity index (χ0) is 9.97. The van der Waals surface area contributed by atoms with Crippen molar-refractivity contribution in [3.05, 3.63) is 33.3 Å². The van der Waals surface area contributed by atoms with Gasteiger partial charge in [-0.05, 0) is 23.8 Å². The molecule has 1 saturated heterocycles. The van der Waals surface area contributed by atoms with E-state index in [-0.39, 0.29) is 6.04 Å². The van der Waals surface area contributed by atoms with Gasteiger partial charge in [0.1, 0.15) is 0 Å². The summed E-state index contributed by atoms with van der Waals surface area (Å²) in [7, 11) is 0. The number of nitrogens with one attached hydrogen (secondary N) is 1. The van der Waals surface area contributed by atoms with Gasteiger partial charge in [0.2, 0.25) is 0 Å². The molecule has 1 aliphatic heterocycles. The molecule has 0 radical (unpaired) electrons. The van der Waals surface area contributed by atoms with Gasteiger partial charge in [0.05, 0.1) is 19.3 Å². The minimum absolute atomic E-state index is 0.247. The Hall–Kier alpha value is -0.0900. The van der Waals surface area contributed by atoms with Gasteiger partial charge in [0.25, 0.3) is 0 Å². The lowest BCUT2D eigenvalue weighted by Crippen LogP contribution is -2.34. The molecule has 1 fully saturated rings. The van der Waals surface area contributed by atoms with Gasteiger partial charge in [-0.2, -0.15) is 0 Å². The van der Waals surface area contributed by atoms with Crippen molar-refractivity contribution in [3.8, 4) is 0 Å². The van der Waals surface area contributed by atoms with Crippen LogP contribution in [0.25, 0.3) is 0 Å². The third-order valence-electron chi connectivity index (χ3n) is 2.26. The molecule has 1 atom stereocenters. The summed E-state index contributed by atoms with van der Waals surface area (Å²) in [5, 5.41) is 4.15. The lowest BCUT2D eigenvalue weighted by atomic mass is 10.1.